The van der Waals surface area contributed by atoms with E-state index in [1.807, 2.05) is 18.2 Å². The van der Waals surface area contributed by atoms with Crippen molar-refractivity contribution in [2.75, 3.05) is 0 Å². The number of benzene rings is 1. The second kappa shape index (κ2) is 5.83. The third kappa shape index (κ3) is 3.20. The highest BCUT2D eigenvalue weighted by atomic mass is 79.9. The van der Waals surface area contributed by atoms with Crippen molar-refractivity contribution >= 4 is 44.3 Å². The van der Waals surface area contributed by atoms with Crippen LogP contribution in [0.1, 0.15) is 24.4 Å². The molecule has 1 fully saturated rings. The van der Waals surface area contributed by atoms with E-state index < -0.39 is 6.10 Å². The minimum atomic E-state index is -0.421. The van der Waals surface area contributed by atoms with E-state index in [1.54, 1.807) is 0 Å². The third-order valence-electron chi connectivity index (χ3n) is 2.79. The van der Waals surface area contributed by atoms with Crippen LogP contribution in [0.15, 0.2) is 27.1 Å². The van der Waals surface area contributed by atoms with Gasteiger partial charge in [-0.1, -0.05) is 31.9 Å². The Morgan fingerprint density at radius 1 is 1.31 bits per heavy atom. The normalized spacial score (nSPS) is 18.8. The number of aliphatic hydroxyl groups excluding tert-OH is 1. The molecule has 0 spiro atoms. The van der Waals surface area contributed by atoms with Gasteiger partial charge in [-0.05, 0) is 42.5 Å². The molecule has 3 N–H and O–H groups in total. The molecule has 0 heterocycles. The van der Waals surface area contributed by atoms with Gasteiger partial charge < -0.3 is 10.8 Å². The molecule has 90 valence electrons. The number of hydrogen-bond donors (Lipinski definition) is 2. The molecule has 5 heteroatoms. The summed E-state index contributed by atoms with van der Waals surface area (Å²) in [6.07, 6.45) is 1.77. The van der Waals surface area contributed by atoms with Gasteiger partial charge in [0.25, 0.3) is 0 Å². The Kier molecular flexibility index (Phi) is 5.26. The lowest BCUT2D eigenvalue weighted by Gasteiger charge is -2.20. The van der Waals surface area contributed by atoms with Crippen LogP contribution >= 0.6 is 44.3 Å². The topological polar surface area (TPSA) is 46.2 Å². The Balaban J connectivity index is 0.00000128. The van der Waals surface area contributed by atoms with Crippen LogP contribution in [0.2, 0.25) is 0 Å². The van der Waals surface area contributed by atoms with Crippen LogP contribution in [0.3, 0.4) is 0 Å². The van der Waals surface area contributed by atoms with Gasteiger partial charge in [0.1, 0.15) is 0 Å². The van der Waals surface area contributed by atoms with E-state index in [9.17, 15) is 5.11 Å². The van der Waals surface area contributed by atoms with Crippen LogP contribution in [0.5, 0.6) is 0 Å². The number of aliphatic hydroxyl groups is 1. The molecule has 0 aliphatic heterocycles. The van der Waals surface area contributed by atoms with Gasteiger partial charge in [0.05, 0.1) is 12.1 Å². The predicted molar refractivity (Wildman–Crippen MR) is 74.7 cm³/mol. The molecular weight excluding hydrogens is 357 g/mol. The summed E-state index contributed by atoms with van der Waals surface area (Å²) < 4.78 is 1.94. The molecule has 1 aromatic carbocycles. The molecule has 1 aliphatic carbocycles. The van der Waals surface area contributed by atoms with E-state index in [2.05, 4.69) is 31.9 Å². The summed E-state index contributed by atoms with van der Waals surface area (Å²) in [6, 6.07) is 5.55. The van der Waals surface area contributed by atoms with Gasteiger partial charge in [0.2, 0.25) is 0 Å². The molecule has 0 saturated heterocycles. The fourth-order valence-corrected chi connectivity index (χ4v) is 2.57. The van der Waals surface area contributed by atoms with E-state index in [0.29, 0.717) is 5.92 Å². The van der Waals surface area contributed by atoms with Gasteiger partial charge >= 0.3 is 0 Å². The van der Waals surface area contributed by atoms with Crippen LogP contribution in [0, 0.1) is 5.92 Å². The first-order valence-corrected chi connectivity index (χ1v) is 6.57. The van der Waals surface area contributed by atoms with Crippen molar-refractivity contribution in [1.82, 2.24) is 0 Å². The summed E-state index contributed by atoms with van der Waals surface area (Å²) in [6.45, 7) is 0. The summed E-state index contributed by atoms with van der Waals surface area (Å²) in [4.78, 5) is 0. The SMILES string of the molecule is Cl.N[C@@H](c1cc(Br)ccc1Br)[C@H](O)C1CC1. The smallest absolute Gasteiger partial charge is 0.0761 e. The third-order valence-corrected chi connectivity index (χ3v) is 4.01. The van der Waals surface area contributed by atoms with Gasteiger partial charge in [-0.2, -0.15) is 0 Å². The molecule has 1 aromatic rings. The van der Waals surface area contributed by atoms with Crippen LogP contribution < -0.4 is 5.73 Å². The van der Waals surface area contributed by atoms with Crippen LogP contribution in [0.25, 0.3) is 0 Å². The van der Waals surface area contributed by atoms with Crippen molar-refractivity contribution in [3.05, 3.63) is 32.7 Å². The van der Waals surface area contributed by atoms with Crippen molar-refractivity contribution in [2.24, 2.45) is 11.7 Å². The van der Waals surface area contributed by atoms with Gasteiger partial charge in [-0.15, -0.1) is 12.4 Å². The van der Waals surface area contributed by atoms with Crippen molar-refractivity contribution in [3.63, 3.8) is 0 Å². The van der Waals surface area contributed by atoms with E-state index in [4.69, 9.17) is 5.73 Å². The molecule has 2 rings (SSSR count). The first-order chi connectivity index (χ1) is 7.09. The summed E-state index contributed by atoms with van der Waals surface area (Å²) >= 11 is 6.87. The molecule has 1 aliphatic rings. The first-order valence-electron chi connectivity index (χ1n) is 4.98. The standard InChI is InChI=1S/C11H13Br2NO.ClH/c12-7-3-4-9(13)8(5-7)10(14)11(15)6-1-2-6;/h3-6,10-11,15H,1-2,14H2;1H/t10-,11+;/m0./s1. The highest BCUT2D eigenvalue weighted by Crippen LogP contribution is 2.39. The highest BCUT2D eigenvalue weighted by Gasteiger charge is 2.34. The highest BCUT2D eigenvalue weighted by molar-refractivity contribution is 9.11. The summed E-state index contributed by atoms with van der Waals surface area (Å²) in [7, 11) is 0. The van der Waals surface area contributed by atoms with Crippen LogP contribution in [-0.4, -0.2) is 11.2 Å². The second-order valence-corrected chi connectivity index (χ2v) is 5.79. The fraction of sp³-hybridized carbons (Fsp3) is 0.455. The maximum atomic E-state index is 9.97. The van der Waals surface area contributed by atoms with Crippen molar-refractivity contribution < 1.29 is 5.11 Å². The average molecular weight is 372 g/mol. The van der Waals surface area contributed by atoms with E-state index in [-0.39, 0.29) is 18.4 Å². The van der Waals surface area contributed by atoms with Gasteiger partial charge in [-0.25, -0.2) is 0 Å². The second-order valence-electron chi connectivity index (χ2n) is 4.02. The maximum absolute atomic E-state index is 9.97. The Labute approximate surface area is 118 Å². The van der Waals surface area contributed by atoms with Crippen LogP contribution in [0.4, 0.5) is 0 Å². The summed E-state index contributed by atoms with van der Waals surface area (Å²) in [5.74, 6) is 0.394. The summed E-state index contributed by atoms with van der Waals surface area (Å²) in [5.41, 5.74) is 7.01. The Morgan fingerprint density at radius 3 is 2.50 bits per heavy atom. The molecule has 2 atom stereocenters. The first kappa shape index (κ1) is 14.5. The maximum Gasteiger partial charge on any atom is 0.0761 e. The van der Waals surface area contributed by atoms with Crippen molar-refractivity contribution in [2.45, 2.75) is 25.0 Å². The molecule has 1 saturated carbocycles. The average Bonchev–Trinajstić information content (AvgIpc) is 3.03. The molecule has 0 aromatic heterocycles. The zero-order chi connectivity index (χ0) is 11.0. The number of rotatable bonds is 3. The van der Waals surface area contributed by atoms with Crippen molar-refractivity contribution in [3.8, 4) is 0 Å². The lowest BCUT2D eigenvalue weighted by atomic mass is 9.99. The zero-order valence-electron chi connectivity index (χ0n) is 8.57. The number of hydrogen-bond acceptors (Lipinski definition) is 2. The Hall–Kier alpha value is 0.390. The van der Waals surface area contributed by atoms with E-state index in [1.165, 1.54) is 0 Å². The zero-order valence-corrected chi connectivity index (χ0v) is 12.6. The minimum absolute atomic E-state index is 0. The van der Waals surface area contributed by atoms with Gasteiger partial charge in [0.15, 0.2) is 0 Å². The lowest BCUT2D eigenvalue weighted by Crippen LogP contribution is -2.28. The van der Waals surface area contributed by atoms with E-state index in [0.717, 1.165) is 27.4 Å². The Morgan fingerprint density at radius 2 is 1.94 bits per heavy atom. The lowest BCUT2D eigenvalue weighted by molar-refractivity contribution is 0.122. The molecular formula is C11H14Br2ClNO. The molecule has 0 radical (unpaired) electrons. The monoisotopic (exact) mass is 369 g/mol. The van der Waals surface area contributed by atoms with Crippen LogP contribution in [-0.2, 0) is 0 Å². The fourth-order valence-electron chi connectivity index (χ4n) is 1.68. The molecule has 0 amide bonds. The summed E-state index contributed by atoms with van der Waals surface area (Å²) in [5, 5.41) is 9.97. The van der Waals surface area contributed by atoms with Gasteiger partial charge in [-0.3, -0.25) is 0 Å². The Bertz CT molecular complexity index is 371. The van der Waals surface area contributed by atoms with Crippen molar-refractivity contribution in [1.29, 1.82) is 0 Å². The number of nitrogens with two attached hydrogens (primary N) is 1. The minimum Gasteiger partial charge on any atom is -0.391 e. The van der Waals surface area contributed by atoms with E-state index >= 15 is 0 Å². The largest absolute Gasteiger partial charge is 0.391 e. The van der Waals surface area contributed by atoms with Gasteiger partial charge in [0, 0.05) is 8.95 Å². The molecule has 0 bridgehead atoms. The molecule has 0 unspecified atom stereocenters. The quantitative estimate of drug-likeness (QED) is 0.855. The molecule has 16 heavy (non-hydrogen) atoms. The number of halogens is 3. The predicted octanol–water partition coefficient (Wildman–Crippen LogP) is 3.40. The molecule has 2 nitrogen and oxygen atoms in total.